The number of aliphatic hydroxyl groups is 1. The summed E-state index contributed by atoms with van der Waals surface area (Å²) in [5.74, 6) is -0.893. The molecule has 1 heterocycles. The van der Waals surface area contributed by atoms with Gasteiger partial charge in [0, 0.05) is 17.8 Å². The van der Waals surface area contributed by atoms with Gasteiger partial charge in [-0.3, -0.25) is 4.79 Å². The van der Waals surface area contributed by atoms with Crippen molar-refractivity contribution in [3.8, 4) is 0 Å². The number of aliphatic hydroxyl groups excluding tert-OH is 1. The highest BCUT2D eigenvalue weighted by atomic mass is 32.1. The van der Waals surface area contributed by atoms with Crippen LogP contribution in [0.1, 0.15) is 22.0 Å². The molecule has 3 aromatic rings. The molecule has 1 unspecified atom stereocenters. The van der Waals surface area contributed by atoms with E-state index in [2.05, 4.69) is 9.69 Å². The Morgan fingerprint density at radius 1 is 1.22 bits per heavy atom. The first-order valence-corrected chi connectivity index (χ1v) is 7.95. The molecule has 0 aliphatic rings. The van der Waals surface area contributed by atoms with E-state index < -0.39 is 0 Å². The number of fused-ring (bicyclic) bond motifs is 1. The van der Waals surface area contributed by atoms with Crippen LogP contribution < -0.4 is 5.32 Å². The van der Waals surface area contributed by atoms with Crippen molar-refractivity contribution < 1.29 is 14.3 Å². The average Bonchev–Trinajstić information content (AvgIpc) is 3.01. The molecule has 2 aromatic carbocycles. The fourth-order valence-corrected chi connectivity index (χ4v) is 3.15. The van der Waals surface area contributed by atoms with Crippen molar-refractivity contribution in [2.45, 2.75) is 5.92 Å². The number of hydrogen-bond donors (Lipinski definition) is 2. The lowest BCUT2D eigenvalue weighted by Gasteiger charge is -2.15. The fraction of sp³-hybridized carbons (Fsp3) is 0.176. The zero-order chi connectivity index (χ0) is 16.2. The first kappa shape index (κ1) is 15.6. The van der Waals surface area contributed by atoms with E-state index in [9.17, 15) is 14.3 Å². The Balaban J connectivity index is 1.71. The second kappa shape index (κ2) is 6.85. The quantitative estimate of drug-likeness (QED) is 0.756. The van der Waals surface area contributed by atoms with Gasteiger partial charge in [-0.1, -0.05) is 30.3 Å². The van der Waals surface area contributed by atoms with Crippen molar-refractivity contribution in [3.05, 3.63) is 65.6 Å². The lowest BCUT2D eigenvalue weighted by molar-refractivity contribution is 0.0945. The van der Waals surface area contributed by atoms with Gasteiger partial charge in [0.25, 0.3) is 5.91 Å². The van der Waals surface area contributed by atoms with Crippen LogP contribution in [0.5, 0.6) is 0 Å². The van der Waals surface area contributed by atoms with Crippen molar-refractivity contribution in [1.29, 1.82) is 0 Å². The number of nitrogens with zero attached hydrogens (tertiary/aromatic N) is 1. The molecule has 0 radical (unpaired) electrons. The lowest BCUT2D eigenvalue weighted by Crippen LogP contribution is -2.30. The first-order chi connectivity index (χ1) is 11.2. The van der Waals surface area contributed by atoms with Gasteiger partial charge in [0.05, 0.1) is 11.3 Å². The number of halogens is 1. The summed E-state index contributed by atoms with van der Waals surface area (Å²) >= 11 is 1.28. The molecular weight excluding hydrogens is 315 g/mol. The number of hydrogen-bond acceptors (Lipinski definition) is 4. The van der Waals surface area contributed by atoms with Crippen LogP contribution in [0, 0.1) is 5.82 Å². The summed E-state index contributed by atoms with van der Waals surface area (Å²) in [5.41, 5.74) is 1.17. The van der Waals surface area contributed by atoms with Gasteiger partial charge < -0.3 is 10.4 Å². The van der Waals surface area contributed by atoms with Gasteiger partial charge in [-0.2, -0.15) is 4.37 Å². The predicted molar refractivity (Wildman–Crippen MR) is 88.2 cm³/mol. The number of carbonyl (C=O) groups excluding carboxylic acids is 1. The van der Waals surface area contributed by atoms with Gasteiger partial charge in [-0.15, -0.1) is 0 Å². The lowest BCUT2D eigenvalue weighted by atomic mass is 10.00. The molecule has 3 rings (SSSR count). The van der Waals surface area contributed by atoms with Crippen molar-refractivity contribution in [1.82, 2.24) is 9.69 Å². The molecule has 0 bridgehead atoms. The molecule has 0 aliphatic heterocycles. The van der Waals surface area contributed by atoms with E-state index in [1.807, 2.05) is 24.3 Å². The van der Waals surface area contributed by atoms with Crippen molar-refractivity contribution in [2.75, 3.05) is 13.2 Å². The minimum atomic E-state index is -0.330. The Hall–Kier alpha value is -2.31. The number of aromatic nitrogens is 1. The molecule has 1 aromatic heterocycles. The number of rotatable bonds is 5. The van der Waals surface area contributed by atoms with Crippen LogP contribution in [-0.2, 0) is 0 Å². The van der Waals surface area contributed by atoms with Crippen molar-refractivity contribution in [2.24, 2.45) is 0 Å². The first-order valence-electron chi connectivity index (χ1n) is 7.18. The molecule has 1 amide bonds. The minimum absolute atomic E-state index is 0.135. The van der Waals surface area contributed by atoms with E-state index in [1.54, 1.807) is 12.1 Å². The molecule has 0 saturated heterocycles. The molecule has 0 aliphatic carbocycles. The van der Waals surface area contributed by atoms with Gasteiger partial charge in [-0.05, 0) is 35.3 Å². The third-order valence-electron chi connectivity index (χ3n) is 3.66. The van der Waals surface area contributed by atoms with E-state index in [-0.39, 0.29) is 30.8 Å². The van der Waals surface area contributed by atoms with E-state index in [4.69, 9.17) is 0 Å². The summed E-state index contributed by atoms with van der Waals surface area (Å²) in [4.78, 5) is 12.3. The van der Waals surface area contributed by atoms with E-state index in [0.29, 0.717) is 5.69 Å². The number of nitrogens with one attached hydrogen (secondary N) is 1. The van der Waals surface area contributed by atoms with Crippen molar-refractivity contribution in [3.63, 3.8) is 0 Å². The second-order valence-corrected chi connectivity index (χ2v) is 5.97. The summed E-state index contributed by atoms with van der Waals surface area (Å²) < 4.78 is 18.1. The monoisotopic (exact) mass is 330 g/mol. The summed E-state index contributed by atoms with van der Waals surface area (Å²) in [6, 6.07) is 13.4. The number of amides is 1. The maximum atomic E-state index is 13.0. The average molecular weight is 330 g/mol. The van der Waals surface area contributed by atoms with Gasteiger partial charge in [-0.25, -0.2) is 4.39 Å². The van der Waals surface area contributed by atoms with Crippen LogP contribution in [0.4, 0.5) is 4.39 Å². The molecule has 23 heavy (non-hydrogen) atoms. The van der Waals surface area contributed by atoms with Crippen LogP contribution in [0.15, 0.2) is 48.5 Å². The maximum absolute atomic E-state index is 13.0. The molecule has 6 heteroatoms. The summed E-state index contributed by atoms with van der Waals surface area (Å²) in [6.45, 7) is 0.122. The van der Waals surface area contributed by atoms with Crippen LogP contribution in [0.2, 0.25) is 0 Å². The van der Waals surface area contributed by atoms with Gasteiger partial charge in [0.2, 0.25) is 0 Å². The Bertz CT molecular complexity index is 817. The zero-order valence-electron chi connectivity index (χ0n) is 12.2. The zero-order valence-corrected chi connectivity index (χ0v) is 13.0. The van der Waals surface area contributed by atoms with Gasteiger partial charge in [0.15, 0.2) is 0 Å². The Kier molecular flexibility index (Phi) is 4.64. The summed E-state index contributed by atoms with van der Waals surface area (Å²) in [7, 11) is 0. The van der Waals surface area contributed by atoms with Gasteiger partial charge >= 0.3 is 0 Å². The molecule has 0 fully saturated rings. The maximum Gasteiger partial charge on any atom is 0.271 e. The Morgan fingerprint density at radius 2 is 1.96 bits per heavy atom. The highest BCUT2D eigenvalue weighted by molar-refractivity contribution is 7.13. The summed E-state index contributed by atoms with van der Waals surface area (Å²) in [5, 5.41) is 13.1. The smallest absolute Gasteiger partial charge is 0.271 e. The Labute approximate surface area is 136 Å². The fourth-order valence-electron chi connectivity index (χ4n) is 2.37. The molecule has 118 valence electrons. The third-order valence-corrected chi connectivity index (χ3v) is 4.49. The molecule has 0 saturated carbocycles. The van der Waals surface area contributed by atoms with E-state index >= 15 is 0 Å². The normalized spacial score (nSPS) is 12.3. The van der Waals surface area contributed by atoms with E-state index in [1.165, 1.54) is 23.7 Å². The number of benzene rings is 2. The standard InChI is InChI=1S/C17H15FN2O2S/c18-13-7-5-11(6-8-13)12(10-21)9-19-17(22)16-14-3-1-2-4-15(14)23-20-16/h1-8,12,21H,9-10H2,(H,19,22). The minimum Gasteiger partial charge on any atom is -0.396 e. The SMILES string of the molecule is O=C(NCC(CO)c1ccc(F)cc1)c1nsc2ccccc12. The topological polar surface area (TPSA) is 62.2 Å². The predicted octanol–water partition coefficient (Wildman–Crippen LogP) is 2.94. The van der Waals surface area contributed by atoms with Crippen LogP contribution in [0.25, 0.3) is 10.1 Å². The highest BCUT2D eigenvalue weighted by Gasteiger charge is 2.17. The summed E-state index contributed by atoms with van der Waals surface area (Å²) in [6.07, 6.45) is 0. The highest BCUT2D eigenvalue weighted by Crippen LogP contribution is 2.22. The van der Waals surface area contributed by atoms with Crippen LogP contribution >= 0.6 is 11.5 Å². The second-order valence-electron chi connectivity index (χ2n) is 5.17. The molecule has 0 spiro atoms. The molecule has 2 N–H and O–H groups in total. The van der Waals surface area contributed by atoms with E-state index in [0.717, 1.165) is 15.6 Å². The van der Waals surface area contributed by atoms with Crippen molar-refractivity contribution >= 4 is 27.5 Å². The molecular formula is C17H15FN2O2S. The molecule has 4 nitrogen and oxygen atoms in total. The van der Waals surface area contributed by atoms with Crippen LogP contribution in [-0.4, -0.2) is 28.5 Å². The largest absolute Gasteiger partial charge is 0.396 e. The van der Waals surface area contributed by atoms with Crippen LogP contribution in [0.3, 0.4) is 0 Å². The third kappa shape index (κ3) is 3.38. The van der Waals surface area contributed by atoms with Gasteiger partial charge in [0.1, 0.15) is 11.5 Å². The Morgan fingerprint density at radius 3 is 2.70 bits per heavy atom. The molecule has 1 atom stereocenters. The number of carbonyl (C=O) groups is 1.